The van der Waals surface area contributed by atoms with Crippen LogP contribution < -0.4 is 9.47 Å². The standard InChI is InChI=1S/C29H35N3O4/c1-20-16-32(21(2)19-33)29(34)25-14-23(24-12-8-9-13-26(24)35-4)15-30-28(25)36-27(20)18-31(3)17-22-10-6-5-7-11-22/h5-15,20-21,27,33H,16-19H2,1-4H3/t20-,21+,27-/m1/s1. The van der Waals surface area contributed by atoms with Gasteiger partial charge in [0.05, 0.1) is 19.8 Å². The smallest absolute Gasteiger partial charge is 0.259 e. The molecule has 1 amide bonds. The van der Waals surface area contributed by atoms with Gasteiger partial charge in [0.15, 0.2) is 0 Å². The second-order valence-corrected chi connectivity index (χ2v) is 9.58. The molecule has 3 aromatic rings. The molecule has 7 heteroatoms. The van der Waals surface area contributed by atoms with Crippen molar-refractivity contribution < 1.29 is 19.4 Å². The fraction of sp³-hybridized carbons (Fsp3) is 0.379. The maximum atomic E-state index is 13.7. The Bertz CT molecular complexity index is 1170. The van der Waals surface area contributed by atoms with E-state index in [1.807, 2.05) is 55.5 Å². The summed E-state index contributed by atoms with van der Waals surface area (Å²) < 4.78 is 12.0. The molecular formula is C29H35N3O4. The van der Waals surface area contributed by atoms with Crippen LogP contribution in [-0.2, 0) is 6.54 Å². The molecule has 0 bridgehead atoms. The second kappa shape index (κ2) is 11.5. The van der Waals surface area contributed by atoms with Crippen LogP contribution in [0.25, 0.3) is 11.1 Å². The van der Waals surface area contributed by atoms with Gasteiger partial charge in [0.1, 0.15) is 17.4 Å². The van der Waals surface area contributed by atoms with Crippen LogP contribution >= 0.6 is 0 Å². The Morgan fingerprint density at radius 1 is 1.17 bits per heavy atom. The Balaban J connectivity index is 1.68. The fourth-order valence-corrected chi connectivity index (χ4v) is 4.62. The van der Waals surface area contributed by atoms with Crippen molar-refractivity contribution in [1.82, 2.24) is 14.8 Å². The van der Waals surface area contributed by atoms with E-state index in [0.717, 1.165) is 17.7 Å². The topological polar surface area (TPSA) is 75.1 Å². The second-order valence-electron chi connectivity index (χ2n) is 9.58. The van der Waals surface area contributed by atoms with Crippen molar-refractivity contribution in [3.63, 3.8) is 0 Å². The molecule has 0 saturated carbocycles. The Morgan fingerprint density at radius 2 is 1.89 bits per heavy atom. The van der Waals surface area contributed by atoms with E-state index in [1.165, 1.54) is 5.56 Å². The third kappa shape index (κ3) is 5.69. The zero-order chi connectivity index (χ0) is 25.7. The van der Waals surface area contributed by atoms with Gasteiger partial charge in [-0.1, -0.05) is 55.5 Å². The molecule has 0 saturated heterocycles. The molecule has 1 aliphatic rings. The highest BCUT2D eigenvalue weighted by Gasteiger charge is 2.34. The molecule has 2 heterocycles. The summed E-state index contributed by atoms with van der Waals surface area (Å²) in [6.07, 6.45) is 1.53. The molecule has 4 rings (SSSR count). The predicted octanol–water partition coefficient (Wildman–Crippen LogP) is 4.11. The van der Waals surface area contributed by atoms with Crippen LogP contribution in [0.3, 0.4) is 0 Å². The highest BCUT2D eigenvalue weighted by molar-refractivity contribution is 5.98. The molecule has 190 valence electrons. The number of carbonyl (C=O) groups is 1. The van der Waals surface area contributed by atoms with Crippen LogP contribution in [-0.4, -0.2) is 71.8 Å². The first-order chi connectivity index (χ1) is 17.4. The first kappa shape index (κ1) is 25.7. The van der Waals surface area contributed by atoms with E-state index in [4.69, 9.17) is 9.47 Å². The summed E-state index contributed by atoms with van der Waals surface area (Å²) in [5.74, 6) is 0.857. The van der Waals surface area contributed by atoms with Crippen LogP contribution in [0, 0.1) is 5.92 Å². The number of fused-ring (bicyclic) bond motifs is 1. The van der Waals surface area contributed by atoms with Gasteiger partial charge >= 0.3 is 0 Å². The summed E-state index contributed by atoms with van der Waals surface area (Å²) in [5, 5.41) is 9.91. The maximum absolute atomic E-state index is 13.7. The van der Waals surface area contributed by atoms with Gasteiger partial charge in [0.2, 0.25) is 5.88 Å². The van der Waals surface area contributed by atoms with Crippen LogP contribution in [0.15, 0.2) is 66.9 Å². The molecular weight excluding hydrogens is 454 g/mol. The van der Waals surface area contributed by atoms with Gasteiger partial charge in [-0.2, -0.15) is 0 Å². The fourth-order valence-electron chi connectivity index (χ4n) is 4.62. The molecule has 0 aliphatic carbocycles. The zero-order valence-electron chi connectivity index (χ0n) is 21.4. The van der Waals surface area contributed by atoms with E-state index in [0.29, 0.717) is 30.3 Å². The molecule has 7 nitrogen and oxygen atoms in total. The number of amides is 1. The lowest BCUT2D eigenvalue weighted by Gasteiger charge is -2.37. The first-order valence-corrected chi connectivity index (χ1v) is 12.4. The number of hydrogen-bond acceptors (Lipinski definition) is 6. The number of pyridine rings is 1. The van der Waals surface area contributed by atoms with Gasteiger partial charge in [0.25, 0.3) is 5.91 Å². The molecule has 2 aromatic carbocycles. The van der Waals surface area contributed by atoms with E-state index in [2.05, 4.69) is 36.0 Å². The van der Waals surface area contributed by atoms with E-state index in [-0.39, 0.29) is 30.6 Å². The van der Waals surface area contributed by atoms with Crippen molar-refractivity contribution in [1.29, 1.82) is 0 Å². The number of benzene rings is 2. The lowest BCUT2D eigenvalue weighted by atomic mass is 9.99. The molecule has 0 unspecified atom stereocenters. The van der Waals surface area contributed by atoms with E-state index < -0.39 is 0 Å². The molecule has 3 atom stereocenters. The van der Waals surface area contributed by atoms with Crippen molar-refractivity contribution in [2.24, 2.45) is 5.92 Å². The molecule has 0 spiro atoms. The minimum atomic E-state index is -0.330. The molecule has 1 N–H and O–H groups in total. The van der Waals surface area contributed by atoms with E-state index in [1.54, 1.807) is 18.2 Å². The number of aliphatic hydroxyl groups excluding tert-OH is 1. The average molecular weight is 490 g/mol. The quantitative estimate of drug-likeness (QED) is 0.513. The Hall–Kier alpha value is -3.42. The van der Waals surface area contributed by atoms with Gasteiger partial charge in [0, 0.05) is 42.9 Å². The minimum absolute atomic E-state index is 0.0324. The molecule has 36 heavy (non-hydrogen) atoms. The summed E-state index contributed by atoms with van der Waals surface area (Å²) >= 11 is 0. The van der Waals surface area contributed by atoms with E-state index in [9.17, 15) is 9.90 Å². The largest absolute Gasteiger partial charge is 0.496 e. The number of para-hydroxylation sites is 1. The summed E-state index contributed by atoms with van der Waals surface area (Å²) in [7, 11) is 3.69. The van der Waals surface area contributed by atoms with Gasteiger partial charge in [-0.25, -0.2) is 4.98 Å². The van der Waals surface area contributed by atoms with Crippen molar-refractivity contribution in [2.45, 2.75) is 32.5 Å². The Labute approximate surface area is 213 Å². The van der Waals surface area contributed by atoms with Crippen molar-refractivity contribution in [2.75, 3.05) is 33.9 Å². The zero-order valence-corrected chi connectivity index (χ0v) is 21.4. The summed E-state index contributed by atoms with van der Waals surface area (Å²) in [6.45, 7) is 5.76. The Kier molecular flexibility index (Phi) is 8.23. The number of aromatic nitrogens is 1. The number of rotatable bonds is 8. The minimum Gasteiger partial charge on any atom is -0.496 e. The molecule has 1 aliphatic heterocycles. The van der Waals surface area contributed by atoms with Crippen molar-refractivity contribution in [3.05, 3.63) is 78.0 Å². The van der Waals surface area contributed by atoms with Gasteiger partial charge in [-0.05, 0) is 31.7 Å². The number of aliphatic hydroxyl groups is 1. The SMILES string of the molecule is COc1ccccc1-c1cnc2c(c1)C(=O)N([C@@H](C)CO)C[C@@H](C)[C@@H](CN(C)Cc1ccccc1)O2. The predicted molar refractivity (Wildman–Crippen MR) is 140 cm³/mol. The lowest BCUT2D eigenvalue weighted by Crippen LogP contribution is -2.49. The van der Waals surface area contributed by atoms with Crippen molar-refractivity contribution in [3.8, 4) is 22.8 Å². The van der Waals surface area contributed by atoms with Crippen LogP contribution in [0.1, 0.15) is 29.8 Å². The number of methoxy groups -OCH3 is 1. The number of nitrogens with zero attached hydrogens (tertiary/aromatic N) is 3. The third-order valence-corrected chi connectivity index (χ3v) is 6.73. The molecule has 0 radical (unpaired) electrons. The van der Waals surface area contributed by atoms with Gasteiger partial charge in [-0.3, -0.25) is 9.69 Å². The average Bonchev–Trinajstić information content (AvgIpc) is 2.90. The van der Waals surface area contributed by atoms with E-state index >= 15 is 0 Å². The number of likely N-dealkylation sites (N-methyl/N-ethyl adjacent to an activating group) is 1. The Morgan fingerprint density at radius 3 is 2.61 bits per heavy atom. The number of ether oxygens (including phenoxy) is 2. The molecule has 1 aromatic heterocycles. The number of carbonyl (C=O) groups excluding carboxylic acids is 1. The lowest BCUT2D eigenvalue weighted by molar-refractivity contribution is 0.0325. The summed E-state index contributed by atoms with van der Waals surface area (Å²) in [6, 6.07) is 19.4. The van der Waals surface area contributed by atoms with Gasteiger partial charge in [-0.15, -0.1) is 0 Å². The van der Waals surface area contributed by atoms with Crippen LogP contribution in [0.2, 0.25) is 0 Å². The van der Waals surface area contributed by atoms with Crippen molar-refractivity contribution >= 4 is 5.91 Å². The maximum Gasteiger partial charge on any atom is 0.259 e. The highest BCUT2D eigenvalue weighted by Crippen LogP contribution is 2.34. The summed E-state index contributed by atoms with van der Waals surface area (Å²) in [5.41, 5.74) is 3.23. The van der Waals surface area contributed by atoms with Gasteiger partial charge < -0.3 is 19.5 Å². The number of hydrogen-bond donors (Lipinski definition) is 1. The highest BCUT2D eigenvalue weighted by atomic mass is 16.5. The normalized spacial score (nSPS) is 18.7. The molecule has 0 fully saturated rings. The third-order valence-electron chi connectivity index (χ3n) is 6.73. The van der Waals surface area contributed by atoms with Crippen LogP contribution in [0.5, 0.6) is 11.6 Å². The van der Waals surface area contributed by atoms with Crippen LogP contribution in [0.4, 0.5) is 0 Å². The monoisotopic (exact) mass is 489 g/mol. The first-order valence-electron chi connectivity index (χ1n) is 12.4. The summed E-state index contributed by atoms with van der Waals surface area (Å²) in [4.78, 5) is 22.3.